The summed E-state index contributed by atoms with van der Waals surface area (Å²) in [7, 11) is 0. The number of para-hydroxylation sites is 1. The molecule has 4 unspecified atom stereocenters. The van der Waals surface area contributed by atoms with Crippen molar-refractivity contribution in [1.82, 2.24) is 20.9 Å². The van der Waals surface area contributed by atoms with E-state index in [0.29, 0.717) is 5.56 Å². The maximum absolute atomic E-state index is 12.9. The highest BCUT2D eigenvalue weighted by Crippen LogP contribution is 2.19. The molecular formula is C21H27N5O8. The molecule has 1 aromatic heterocycles. The van der Waals surface area contributed by atoms with Crippen LogP contribution in [0.5, 0.6) is 0 Å². The number of carbonyl (C=O) groups is 5. The van der Waals surface area contributed by atoms with E-state index < -0.39 is 66.9 Å². The van der Waals surface area contributed by atoms with Gasteiger partial charge in [-0.15, -0.1) is 0 Å². The zero-order valence-electron chi connectivity index (χ0n) is 18.3. The first-order valence-corrected chi connectivity index (χ1v) is 10.3. The molecule has 3 amide bonds. The fraction of sp³-hybridized carbons (Fsp3) is 0.381. The molecule has 0 spiro atoms. The van der Waals surface area contributed by atoms with Crippen LogP contribution in [0.2, 0.25) is 0 Å². The zero-order chi connectivity index (χ0) is 25.4. The van der Waals surface area contributed by atoms with E-state index in [1.807, 2.05) is 12.1 Å². The number of amides is 3. The number of benzene rings is 1. The highest BCUT2D eigenvalue weighted by atomic mass is 16.4. The maximum Gasteiger partial charge on any atom is 0.322 e. The van der Waals surface area contributed by atoms with E-state index in [1.165, 1.54) is 6.92 Å². The lowest BCUT2D eigenvalue weighted by atomic mass is 10.0. The predicted molar refractivity (Wildman–Crippen MR) is 118 cm³/mol. The Labute approximate surface area is 193 Å². The first-order valence-electron chi connectivity index (χ1n) is 10.3. The Morgan fingerprint density at radius 2 is 1.68 bits per heavy atom. The number of nitrogens with one attached hydrogen (secondary N) is 4. The third-order valence-electron chi connectivity index (χ3n) is 4.94. The number of carboxylic acids is 2. The van der Waals surface area contributed by atoms with Gasteiger partial charge in [-0.2, -0.15) is 0 Å². The number of rotatable bonds is 12. The van der Waals surface area contributed by atoms with E-state index in [0.717, 1.165) is 10.9 Å². The van der Waals surface area contributed by atoms with Gasteiger partial charge in [0, 0.05) is 23.5 Å². The number of hydrogen-bond donors (Lipinski definition) is 8. The number of aromatic amines is 1. The molecule has 0 bridgehead atoms. The van der Waals surface area contributed by atoms with Crippen LogP contribution in [0.25, 0.3) is 10.9 Å². The first-order chi connectivity index (χ1) is 16.0. The van der Waals surface area contributed by atoms with E-state index in [9.17, 15) is 29.1 Å². The molecule has 9 N–H and O–H groups in total. The van der Waals surface area contributed by atoms with Crippen molar-refractivity contribution in [2.75, 3.05) is 6.54 Å². The number of aliphatic hydroxyl groups is 1. The molecule has 13 heteroatoms. The molecular weight excluding hydrogens is 450 g/mol. The average molecular weight is 477 g/mol. The molecule has 13 nitrogen and oxygen atoms in total. The lowest BCUT2D eigenvalue weighted by molar-refractivity contribution is -0.140. The largest absolute Gasteiger partial charge is 0.481 e. The van der Waals surface area contributed by atoms with Gasteiger partial charge in [0.05, 0.1) is 18.6 Å². The van der Waals surface area contributed by atoms with Crippen LogP contribution < -0.4 is 21.7 Å². The van der Waals surface area contributed by atoms with Gasteiger partial charge in [0.2, 0.25) is 17.7 Å². The van der Waals surface area contributed by atoms with Crippen molar-refractivity contribution in [3.8, 4) is 0 Å². The summed E-state index contributed by atoms with van der Waals surface area (Å²) in [5.74, 6) is -5.32. The molecule has 4 atom stereocenters. The molecule has 2 aromatic rings. The predicted octanol–water partition coefficient (Wildman–Crippen LogP) is -1.94. The van der Waals surface area contributed by atoms with Crippen LogP contribution in [-0.2, 0) is 30.4 Å². The number of carboxylic acid groups (broad SMARTS) is 2. The molecule has 1 heterocycles. The van der Waals surface area contributed by atoms with Crippen molar-refractivity contribution in [1.29, 1.82) is 0 Å². The van der Waals surface area contributed by atoms with E-state index in [4.69, 9.17) is 15.9 Å². The summed E-state index contributed by atoms with van der Waals surface area (Å²) in [6.45, 7) is 0.534. The van der Waals surface area contributed by atoms with Gasteiger partial charge in [0.25, 0.3) is 0 Å². The molecule has 2 rings (SSSR count). The molecule has 0 saturated heterocycles. The number of aliphatic carboxylic acids is 2. The minimum absolute atomic E-state index is 0.0276. The summed E-state index contributed by atoms with van der Waals surface area (Å²) >= 11 is 0. The van der Waals surface area contributed by atoms with E-state index in [-0.39, 0.29) is 6.42 Å². The summed E-state index contributed by atoms with van der Waals surface area (Å²) in [5, 5.41) is 35.2. The van der Waals surface area contributed by atoms with Crippen LogP contribution in [0.4, 0.5) is 0 Å². The lowest BCUT2D eigenvalue weighted by Crippen LogP contribution is -2.59. The number of H-pyrrole nitrogens is 1. The topological polar surface area (TPSA) is 224 Å². The van der Waals surface area contributed by atoms with Crippen molar-refractivity contribution in [3.05, 3.63) is 36.0 Å². The van der Waals surface area contributed by atoms with Crippen molar-refractivity contribution < 1.29 is 39.3 Å². The van der Waals surface area contributed by atoms with Gasteiger partial charge in [-0.25, -0.2) is 0 Å². The van der Waals surface area contributed by atoms with Crippen molar-refractivity contribution in [3.63, 3.8) is 0 Å². The van der Waals surface area contributed by atoms with Crippen molar-refractivity contribution >= 4 is 40.6 Å². The van der Waals surface area contributed by atoms with Crippen LogP contribution in [0.1, 0.15) is 18.9 Å². The van der Waals surface area contributed by atoms with Gasteiger partial charge in [-0.05, 0) is 18.6 Å². The van der Waals surface area contributed by atoms with E-state index >= 15 is 0 Å². The summed E-state index contributed by atoms with van der Waals surface area (Å²) < 4.78 is 0. The fourth-order valence-electron chi connectivity index (χ4n) is 3.22. The summed E-state index contributed by atoms with van der Waals surface area (Å²) in [6, 6.07) is 2.95. The smallest absolute Gasteiger partial charge is 0.322 e. The minimum atomic E-state index is -1.55. The number of aliphatic hydroxyl groups excluding tert-OH is 1. The molecule has 0 radical (unpaired) electrons. The normalized spacial score (nSPS) is 14.4. The number of hydrogen-bond acceptors (Lipinski definition) is 7. The highest BCUT2D eigenvalue weighted by Gasteiger charge is 2.32. The van der Waals surface area contributed by atoms with Gasteiger partial charge < -0.3 is 42.0 Å². The molecule has 0 fully saturated rings. The van der Waals surface area contributed by atoms with Gasteiger partial charge in [-0.3, -0.25) is 24.0 Å². The Balaban J connectivity index is 2.22. The molecule has 1 aromatic carbocycles. The monoisotopic (exact) mass is 477 g/mol. The van der Waals surface area contributed by atoms with Crippen molar-refractivity contribution in [2.45, 2.75) is 44.0 Å². The van der Waals surface area contributed by atoms with Crippen LogP contribution in [0.3, 0.4) is 0 Å². The van der Waals surface area contributed by atoms with Gasteiger partial charge in [0.1, 0.15) is 18.6 Å². The fourth-order valence-corrected chi connectivity index (χ4v) is 3.22. The number of carbonyl (C=O) groups excluding carboxylic acids is 3. The second-order valence-corrected chi connectivity index (χ2v) is 7.67. The molecule has 0 saturated carbocycles. The molecule has 34 heavy (non-hydrogen) atoms. The van der Waals surface area contributed by atoms with Crippen LogP contribution in [0.15, 0.2) is 30.5 Å². The van der Waals surface area contributed by atoms with Crippen LogP contribution in [-0.4, -0.2) is 80.7 Å². The molecule has 0 aliphatic rings. The SMILES string of the molecule is CC(O)C(NC(=O)C(N)CC(=O)O)C(=O)NC(Cc1c[nH]c2ccccc12)C(=O)NCC(=O)O. The summed E-state index contributed by atoms with van der Waals surface area (Å²) in [5.41, 5.74) is 6.94. The summed E-state index contributed by atoms with van der Waals surface area (Å²) in [4.78, 5) is 62.3. The maximum atomic E-state index is 12.9. The van der Waals surface area contributed by atoms with Gasteiger partial charge >= 0.3 is 11.9 Å². The summed E-state index contributed by atoms with van der Waals surface area (Å²) in [6.07, 6.45) is -0.495. The average Bonchev–Trinajstić information content (AvgIpc) is 3.17. The second kappa shape index (κ2) is 11.8. The standard InChI is InChI=1S/C21H27N5O8/c1-10(27)18(26-19(32)13(22)7-16(28)29)21(34)25-15(20(33)24-9-17(30)31)6-11-8-23-14-5-3-2-4-12(11)14/h2-5,8,10,13,15,18,23,27H,6-7,9,22H2,1H3,(H,24,33)(H,25,34)(H,26,32)(H,28,29)(H,30,31). The highest BCUT2D eigenvalue weighted by molar-refractivity contribution is 5.95. The van der Waals surface area contributed by atoms with Gasteiger partial charge in [0.15, 0.2) is 0 Å². The number of aromatic nitrogens is 1. The third-order valence-corrected chi connectivity index (χ3v) is 4.94. The van der Waals surface area contributed by atoms with E-state index in [1.54, 1.807) is 18.3 Å². The first kappa shape index (κ1) is 26.3. The Morgan fingerprint density at radius 3 is 2.29 bits per heavy atom. The Morgan fingerprint density at radius 1 is 1.00 bits per heavy atom. The number of nitrogens with two attached hydrogens (primary N) is 1. The molecule has 0 aliphatic carbocycles. The Hall–Kier alpha value is -3.97. The molecule has 0 aliphatic heterocycles. The minimum Gasteiger partial charge on any atom is -0.481 e. The number of fused-ring (bicyclic) bond motifs is 1. The Kier molecular flexibility index (Phi) is 9.10. The second-order valence-electron chi connectivity index (χ2n) is 7.67. The van der Waals surface area contributed by atoms with Gasteiger partial charge in [-0.1, -0.05) is 18.2 Å². The van der Waals surface area contributed by atoms with Crippen molar-refractivity contribution in [2.24, 2.45) is 5.73 Å². The Bertz CT molecular complexity index is 1070. The van der Waals surface area contributed by atoms with Crippen LogP contribution in [0, 0.1) is 0 Å². The third kappa shape index (κ3) is 7.28. The zero-order valence-corrected chi connectivity index (χ0v) is 18.3. The molecule has 184 valence electrons. The lowest BCUT2D eigenvalue weighted by Gasteiger charge is -2.25. The van der Waals surface area contributed by atoms with Crippen LogP contribution >= 0.6 is 0 Å². The van der Waals surface area contributed by atoms with E-state index in [2.05, 4.69) is 20.9 Å². The quantitative estimate of drug-likeness (QED) is 0.170.